The topological polar surface area (TPSA) is 58.1 Å². The molecule has 0 saturated heterocycles. The molecule has 2 aromatic heterocycles. The lowest BCUT2D eigenvalue weighted by Crippen LogP contribution is -2.01. The van der Waals surface area contributed by atoms with Crippen molar-refractivity contribution in [3.05, 3.63) is 59.9 Å². The van der Waals surface area contributed by atoms with Crippen LogP contribution in [0.25, 0.3) is 10.9 Å². The number of hydrogen-bond acceptors (Lipinski definition) is 3. The van der Waals surface area contributed by atoms with E-state index in [1.54, 1.807) is 19.4 Å². The van der Waals surface area contributed by atoms with Gasteiger partial charge in [-0.25, -0.2) is 4.98 Å². The van der Waals surface area contributed by atoms with Gasteiger partial charge < -0.3 is 14.8 Å². The minimum Gasteiger partial charge on any atom is -0.481 e. The van der Waals surface area contributed by atoms with Crippen molar-refractivity contribution in [2.75, 3.05) is 7.11 Å². The summed E-state index contributed by atoms with van der Waals surface area (Å²) >= 11 is 0. The maximum Gasteiger partial charge on any atom is 0.212 e. The number of H-pyrrole nitrogens is 1. The zero-order chi connectivity index (χ0) is 13.2. The fourth-order valence-corrected chi connectivity index (χ4v) is 2.20. The van der Waals surface area contributed by atoms with Gasteiger partial charge >= 0.3 is 0 Å². The highest BCUT2D eigenvalue weighted by Crippen LogP contribution is 2.28. The van der Waals surface area contributed by atoms with Crippen LogP contribution in [0.5, 0.6) is 5.88 Å². The van der Waals surface area contributed by atoms with Gasteiger partial charge in [-0.2, -0.15) is 0 Å². The van der Waals surface area contributed by atoms with Gasteiger partial charge in [0, 0.05) is 34.9 Å². The molecule has 0 aliphatic rings. The fraction of sp³-hybridized carbons (Fsp3) is 0.133. The Morgan fingerprint density at radius 3 is 2.84 bits per heavy atom. The Morgan fingerprint density at radius 1 is 1.21 bits per heavy atom. The van der Waals surface area contributed by atoms with Gasteiger partial charge in [-0.1, -0.05) is 12.1 Å². The molecule has 0 aliphatic carbocycles. The van der Waals surface area contributed by atoms with Gasteiger partial charge in [0.15, 0.2) is 0 Å². The number of pyridine rings is 1. The quantitative estimate of drug-likeness (QED) is 0.755. The van der Waals surface area contributed by atoms with Crippen molar-refractivity contribution in [1.29, 1.82) is 0 Å². The molecule has 1 atom stereocenters. The normalized spacial score (nSPS) is 12.5. The number of aromatic amines is 1. The summed E-state index contributed by atoms with van der Waals surface area (Å²) in [5, 5.41) is 11.5. The van der Waals surface area contributed by atoms with Crippen LogP contribution in [0.15, 0.2) is 48.8 Å². The number of aliphatic hydroxyl groups is 1. The smallest absolute Gasteiger partial charge is 0.212 e. The lowest BCUT2D eigenvalue weighted by atomic mass is 10.00. The average molecular weight is 254 g/mol. The van der Waals surface area contributed by atoms with Crippen LogP contribution in [0.3, 0.4) is 0 Å². The second kappa shape index (κ2) is 4.74. The lowest BCUT2D eigenvalue weighted by molar-refractivity contribution is 0.221. The number of nitrogens with zero attached hydrogens (tertiary/aromatic N) is 1. The predicted molar refractivity (Wildman–Crippen MR) is 73.1 cm³/mol. The van der Waals surface area contributed by atoms with E-state index in [4.69, 9.17) is 4.74 Å². The molecular formula is C15H14N2O2. The molecule has 0 aliphatic heterocycles. The molecule has 2 N–H and O–H groups in total. The van der Waals surface area contributed by atoms with Crippen LogP contribution in [-0.2, 0) is 0 Å². The van der Waals surface area contributed by atoms with E-state index in [2.05, 4.69) is 9.97 Å². The lowest BCUT2D eigenvalue weighted by Gasteiger charge is -2.12. The van der Waals surface area contributed by atoms with Crippen LogP contribution < -0.4 is 4.74 Å². The highest BCUT2D eigenvalue weighted by atomic mass is 16.5. The van der Waals surface area contributed by atoms with E-state index >= 15 is 0 Å². The van der Waals surface area contributed by atoms with Crippen molar-refractivity contribution in [2.24, 2.45) is 0 Å². The van der Waals surface area contributed by atoms with Gasteiger partial charge in [0.1, 0.15) is 6.10 Å². The van der Waals surface area contributed by atoms with Gasteiger partial charge in [-0.15, -0.1) is 0 Å². The highest BCUT2D eigenvalue weighted by Gasteiger charge is 2.14. The third kappa shape index (κ3) is 2.06. The number of methoxy groups -OCH3 is 1. The minimum atomic E-state index is -0.696. The highest BCUT2D eigenvalue weighted by molar-refractivity contribution is 5.83. The van der Waals surface area contributed by atoms with Crippen LogP contribution in [0.4, 0.5) is 0 Å². The Hall–Kier alpha value is -2.33. The molecule has 1 aromatic carbocycles. The van der Waals surface area contributed by atoms with Crippen molar-refractivity contribution >= 4 is 10.9 Å². The van der Waals surface area contributed by atoms with Crippen LogP contribution in [0.2, 0.25) is 0 Å². The summed E-state index contributed by atoms with van der Waals surface area (Å²) in [4.78, 5) is 7.26. The second-order valence-electron chi connectivity index (χ2n) is 4.32. The van der Waals surface area contributed by atoms with E-state index in [9.17, 15) is 5.11 Å². The van der Waals surface area contributed by atoms with Crippen LogP contribution >= 0.6 is 0 Å². The number of fused-ring (bicyclic) bond motifs is 1. The molecule has 3 aromatic rings. The summed E-state index contributed by atoms with van der Waals surface area (Å²) in [6.45, 7) is 0. The maximum atomic E-state index is 10.5. The van der Waals surface area contributed by atoms with E-state index in [-0.39, 0.29) is 0 Å². The molecule has 19 heavy (non-hydrogen) atoms. The Kier molecular flexibility index (Phi) is 2.93. The molecule has 4 nitrogen and oxygen atoms in total. The number of aromatic nitrogens is 2. The zero-order valence-electron chi connectivity index (χ0n) is 10.5. The minimum absolute atomic E-state index is 0.538. The number of ether oxygens (including phenoxy) is 1. The largest absolute Gasteiger partial charge is 0.481 e. The first-order chi connectivity index (χ1) is 9.29. The standard InChI is InChI=1S/C15H14N2O2/c1-19-14-6-5-10(9-17-14)15(18)12-3-2-4-13-11(12)7-8-16-13/h2-9,15-16,18H,1H3. The molecule has 4 heteroatoms. The van der Waals surface area contributed by atoms with Crippen molar-refractivity contribution in [1.82, 2.24) is 9.97 Å². The molecule has 0 amide bonds. The third-order valence-electron chi connectivity index (χ3n) is 3.21. The SMILES string of the molecule is COc1ccc(C(O)c2cccc3[nH]ccc23)cn1. The summed E-state index contributed by atoms with van der Waals surface area (Å²) in [5.74, 6) is 0.538. The average Bonchev–Trinajstić information content (AvgIpc) is 2.95. The summed E-state index contributed by atoms with van der Waals surface area (Å²) < 4.78 is 5.01. The van der Waals surface area contributed by atoms with Crippen molar-refractivity contribution in [3.63, 3.8) is 0 Å². The van der Waals surface area contributed by atoms with E-state index in [0.29, 0.717) is 5.88 Å². The van der Waals surface area contributed by atoms with Gasteiger partial charge in [-0.05, 0) is 23.8 Å². The van der Waals surface area contributed by atoms with E-state index in [1.807, 2.05) is 36.5 Å². The zero-order valence-corrected chi connectivity index (χ0v) is 10.5. The number of hydrogen-bond donors (Lipinski definition) is 2. The van der Waals surface area contributed by atoms with E-state index in [1.165, 1.54) is 0 Å². The number of nitrogens with one attached hydrogen (secondary N) is 1. The van der Waals surface area contributed by atoms with Gasteiger partial charge in [0.05, 0.1) is 7.11 Å². The van der Waals surface area contributed by atoms with Crippen molar-refractivity contribution in [2.45, 2.75) is 6.10 Å². The number of aliphatic hydroxyl groups excluding tert-OH is 1. The summed E-state index contributed by atoms with van der Waals surface area (Å²) in [5.41, 5.74) is 2.62. The summed E-state index contributed by atoms with van der Waals surface area (Å²) in [6.07, 6.45) is 2.81. The van der Waals surface area contributed by atoms with E-state index < -0.39 is 6.10 Å². The molecule has 0 fully saturated rings. The first-order valence-corrected chi connectivity index (χ1v) is 6.03. The molecule has 0 bridgehead atoms. The molecular weight excluding hydrogens is 240 g/mol. The monoisotopic (exact) mass is 254 g/mol. The van der Waals surface area contributed by atoms with Gasteiger partial charge in [0.25, 0.3) is 0 Å². The fourth-order valence-electron chi connectivity index (χ4n) is 2.20. The molecule has 0 spiro atoms. The summed E-state index contributed by atoms with van der Waals surface area (Å²) in [7, 11) is 1.57. The van der Waals surface area contributed by atoms with Gasteiger partial charge in [0.2, 0.25) is 5.88 Å². The number of rotatable bonds is 3. The maximum absolute atomic E-state index is 10.5. The van der Waals surface area contributed by atoms with Crippen molar-refractivity contribution in [3.8, 4) is 5.88 Å². The Balaban J connectivity index is 2.02. The van der Waals surface area contributed by atoms with Crippen LogP contribution in [-0.4, -0.2) is 22.2 Å². The Labute approximate surface area is 110 Å². The first-order valence-electron chi connectivity index (χ1n) is 6.03. The molecule has 2 heterocycles. The predicted octanol–water partition coefficient (Wildman–Crippen LogP) is 2.65. The molecule has 3 rings (SSSR count). The second-order valence-corrected chi connectivity index (χ2v) is 4.32. The Morgan fingerprint density at radius 2 is 2.11 bits per heavy atom. The van der Waals surface area contributed by atoms with E-state index in [0.717, 1.165) is 22.0 Å². The summed E-state index contributed by atoms with van der Waals surface area (Å²) in [6, 6.07) is 11.4. The number of benzene rings is 1. The van der Waals surface area contributed by atoms with Crippen LogP contribution in [0, 0.1) is 0 Å². The molecule has 0 radical (unpaired) electrons. The van der Waals surface area contributed by atoms with Crippen LogP contribution in [0.1, 0.15) is 17.2 Å². The molecule has 0 saturated carbocycles. The van der Waals surface area contributed by atoms with Gasteiger partial charge in [-0.3, -0.25) is 0 Å². The molecule has 1 unspecified atom stereocenters. The Bertz CT molecular complexity index is 689. The first kappa shape index (κ1) is 11.7. The van der Waals surface area contributed by atoms with Crippen molar-refractivity contribution < 1.29 is 9.84 Å². The molecule has 96 valence electrons. The third-order valence-corrected chi connectivity index (χ3v) is 3.21.